The number of esters is 3. The molecule has 2 aliphatic rings. The van der Waals surface area contributed by atoms with Crippen molar-refractivity contribution in [2.75, 3.05) is 21.3 Å². The summed E-state index contributed by atoms with van der Waals surface area (Å²) in [5.41, 5.74) is 2.76. The van der Waals surface area contributed by atoms with Gasteiger partial charge >= 0.3 is 25.0 Å². The Hall–Kier alpha value is -4.13. The number of carbonyl (C=O) groups is 3. The predicted octanol–water partition coefficient (Wildman–Crippen LogP) is 7.43. The second kappa shape index (κ2) is 20.5. The van der Waals surface area contributed by atoms with Gasteiger partial charge in [-0.2, -0.15) is 0 Å². The predicted molar refractivity (Wildman–Crippen MR) is 193 cm³/mol. The topological polar surface area (TPSA) is 136 Å². The molecule has 0 atom stereocenters. The first-order valence-electron chi connectivity index (χ1n) is 16.4. The Bertz CT molecular complexity index is 1550. The first-order valence-corrected chi connectivity index (χ1v) is 16.8. The molecular weight excluding hydrogens is 661 g/mol. The third kappa shape index (κ3) is 13.0. The Kier molecular flexibility index (Phi) is 17.3. The number of nitrogens with zero attached hydrogens (tertiary/aromatic N) is 3. The maximum absolute atomic E-state index is 11.4. The van der Waals surface area contributed by atoms with Crippen LogP contribution in [0, 0.1) is 5.92 Å². The van der Waals surface area contributed by atoms with Crippen molar-refractivity contribution in [1.82, 2.24) is 15.0 Å². The largest absolute Gasteiger partial charge is 0.465 e. The lowest BCUT2D eigenvalue weighted by Gasteiger charge is -2.32. The molecule has 0 aromatic carbocycles. The van der Waals surface area contributed by atoms with E-state index in [0.717, 1.165) is 42.9 Å². The van der Waals surface area contributed by atoms with E-state index in [0.29, 0.717) is 11.1 Å². The molecule has 270 valence electrons. The van der Waals surface area contributed by atoms with Crippen LogP contribution in [0.15, 0.2) is 67.6 Å². The lowest BCUT2D eigenvalue weighted by Crippen LogP contribution is -2.41. The van der Waals surface area contributed by atoms with Gasteiger partial charge in [0.2, 0.25) is 0 Å². The zero-order chi connectivity index (χ0) is 37.3. The Morgan fingerprint density at radius 3 is 1.70 bits per heavy atom. The van der Waals surface area contributed by atoms with Crippen LogP contribution in [-0.4, -0.2) is 72.5 Å². The van der Waals surface area contributed by atoms with E-state index in [2.05, 4.69) is 65.6 Å². The number of carbonyl (C=O) groups excluding carboxylic acids is 3. The number of methoxy groups -OCH3 is 3. The fraction of sp³-hybridized carbons (Fsp3) is 0.459. The van der Waals surface area contributed by atoms with Crippen LogP contribution < -0.4 is 0 Å². The van der Waals surface area contributed by atoms with Crippen LogP contribution in [0.25, 0.3) is 0 Å². The molecular formula is C37H49BClN3O8. The van der Waals surface area contributed by atoms with Crippen LogP contribution in [0.1, 0.15) is 96.3 Å². The summed E-state index contributed by atoms with van der Waals surface area (Å²) in [5, 5.41) is 0.166. The zero-order valence-corrected chi connectivity index (χ0v) is 31.1. The molecule has 2 fully saturated rings. The van der Waals surface area contributed by atoms with Gasteiger partial charge in [-0.05, 0) is 95.7 Å². The molecule has 0 unspecified atom stereocenters. The van der Waals surface area contributed by atoms with E-state index in [1.807, 2.05) is 6.08 Å². The lowest BCUT2D eigenvalue weighted by atomic mass is 9.85. The highest BCUT2D eigenvalue weighted by molar-refractivity contribution is 6.46. The summed E-state index contributed by atoms with van der Waals surface area (Å²) in [5.74, 6) is -0.332. The number of halogens is 1. The molecule has 4 heterocycles. The molecule has 1 saturated carbocycles. The monoisotopic (exact) mass is 709 g/mol. The first kappa shape index (κ1) is 42.0. The molecule has 50 heavy (non-hydrogen) atoms. The number of rotatable bonds is 9. The molecule has 0 spiro atoms. The van der Waals surface area contributed by atoms with Gasteiger partial charge in [0, 0.05) is 24.9 Å². The molecule has 5 rings (SSSR count). The lowest BCUT2D eigenvalue weighted by molar-refractivity contribution is 0.00578. The fourth-order valence-electron chi connectivity index (χ4n) is 4.51. The number of ether oxygens (including phenoxy) is 3. The zero-order valence-electron chi connectivity index (χ0n) is 30.4. The fourth-order valence-corrected chi connectivity index (χ4v) is 4.70. The second-order valence-electron chi connectivity index (χ2n) is 12.4. The highest BCUT2D eigenvalue weighted by Gasteiger charge is 2.50. The summed E-state index contributed by atoms with van der Waals surface area (Å²) < 4.78 is 25.2. The van der Waals surface area contributed by atoms with Crippen molar-refractivity contribution in [2.24, 2.45) is 5.92 Å². The Morgan fingerprint density at radius 1 is 0.820 bits per heavy atom. The average molecular weight is 710 g/mol. The van der Waals surface area contributed by atoms with Crippen molar-refractivity contribution >= 4 is 36.6 Å². The summed E-state index contributed by atoms with van der Waals surface area (Å²) in [7, 11) is 3.96. The van der Waals surface area contributed by atoms with E-state index in [4.69, 9.17) is 25.6 Å². The van der Waals surface area contributed by atoms with E-state index >= 15 is 0 Å². The van der Waals surface area contributed by atoms with E-state index in [9.17, 15) is 14.4 Å². The number of hydrogen-bond donors (Lipinski definition) is 0. The molecule has 11 nitrogen and oxygen atoms in total. The summed E-state index contributed by atoms with van der Waals surface area (Å²) >= 11 is 5.59. The number of allylic oxidation sites excluding steroid dienone is 1. The minimum absolute atomic E-state index is 0.118. The Balaban J connectivity index is 0.000000232. The molecule has 0 N–H and O–H groups in total. The van der Waals surface area contributed by atoms with E-state index in [1.54, 1.807) is 48.8 Å². The van der Waals surface area contributed by atoms with Crippen LogP contribution in [-0.2, 0) is 36.4 Å². The van der Waals surface area contributed by atoms with Crippen LogP contribution in [0.2, 0.25) is 11.5 Å². The van der Waals surface area contributed by atoms with Crippen molar-refractivity contribution in [3.05, 3.63) is 101 Å². The molecule has 13 heteroatoms. The van der Waals surface area contributed by atoms with Crippen LogP contribution in [0.3, 0.4) is 0 Å². The normalized spacial score (nSPS) is 15.0. The van der Waals surface area contributed by atoms with Gasteiger partial charge in [-0.3, -0.25) is 9.97 Å². The first-order chi connectivity index (χ1) is 23.7. The van der Waals surface area contributed by atoms with Gasteiger partial charge in [0.1, 0.15) is 5.15 Å². The maximum atomic E-state index is 11.4. The average Bonchev–Trinajstić information content (AvgIpc) is 3.89. The summed E-state index contributed by atoms with van der Waals surface area (Å²) in [6.45, 7) is 13.9. The van der Waals surface area contributed by atoms with Gasteiger partial charge in [0.25, 0.3) is 0 Å². The van der Waals surface area contributed by atoms with Crippen LogP contribution in [0.5, 0.6) is 0 Å². The molecule has 0 radical (unpaired) electrons. The molecule has 3 aromatic heterocycles. The van der Waals surface area contributed by atoms with Crippen molar-refractivity contribution in [2.45, 2.75) is 84.2 Å². The van der Waals surface area contributed by atoms with Gasteiger partial charge in [0.15, 0.2) is 0 Å². The smallest absolute Gasteiger partial charge is 0.461 e. The van der Waals surface area contributed by atoms with E-state index in [1.165, 1.54) is 40.4 Å². The highest BCUT2D eigenvalue weighted by Crippen LogP contribution is 2.37. The molecule has 0 bridgehead atoms. The number of aryl methyl sites for hydroxylation is 1. The van der Waals surface area contributed by atoms with Crippen molar-refractivity contribution < 1.29 is 37.9 Å². The van der Waals surface area contributed by atoms with Crippen molar-refractivity contribution in [3.8, 4) is 0 Å². The number of pyridine rings is 3. The third-order valence-corrected chi connectivity index (χ3v) is 8.38. The summed E-state index contributed by atoms with van der Waals surface area (Å²) in [4.78, 5) is 45.6. The van der Waals surface area contributed by atoms with Crippen LogP contribution in [0.4, 0.5) is 0 Å². The number of aromatic nitrogens is 3. The quantitative estimate of drug-likeness (QED) is 0.0721. The van der Waals surface area contributed by atoms with Crippen molar-refractivity contribution in [3.63, 3.8) is 0 Å². The molecule has 1 aliphatic heterocycles. The van der Waals surface area contributed by atoms with Gasteiger partial charge < -0.3 is 23.5 Å². The highest BCUT2D eigenvalue weighted by atomic mass is 35.5. The van der Waals surface area contributed by atoms with Gasteiger partial charge in [-0.25, -0.2) is 19.4 Å². The minimum Gasteiger partial charge on any atom is -0.465 e. The van der Waals surface area contributed by atoms with Gasteiger partial charge in [0.05, 0.1) is 60.6 Å². The van der Waals surface area contributed by atoms with Crippen LogP contribution >= 0.6 is 11.6 Å². The van der Waals surface area contributed by atoms with E-state index in [-0.39, 0.29) is 41.0 Å². The van der Waals surface area contributed by atoms with E-state index < -0.39 is 5.97 Å². The molecule has 1 saturated heterocycles. The van der Waals surface area contributed by atoms with Gasteiger partial charge in [-0.1, -0.05) is 31.0 Å². The maximum Gasteiger partial charge on any atom is 0.461 e. The molecule has 0 amide bonds. The standard InChI is InChI=1S/C11H13NO2.C10H13NO2.C9H17BO2.C7H6ClNO2/c1-14-11(13)9-3-2-6-12-10(9)7-8-4-5-8;1-3-5-9-8(10(12)13-2)6-4-7-11-9;1-6-7-10-11-8(2,3)9(4,5)12-10;1-11-7(10)5-3-2-4-9-6(5)8/h2-3,6,8H,4-5,7H2,1H3;4,6-7H,3,5H2,1-2H3;6H,1,7H2,2-5H3;2-4H,1H3. The third-order valence-electron chi connectivity index (χ3n) is 8.08. The number of hydrogen-bond acceptors (Lipinski definition) is 11. The summed E-state index contributed by atoms with van der Waals surface area (Å²) in [6.07, 6.45) is 12.7. The Morgan fingerprint density at radius 2 is 1.26 bits per heavy atom. The Labute approximate surface area is 301 Å². The summed E-state index contributed by atoms with van der Waals surface area (Å²) in [6, 6.07) is 10.2. The second-order valence-corrected chi connectivity index (χ2v) is 12.8. The minimum atomic E-state index is -0.469. The van der Waals surface area contributed by atoms with Gasteiger partial charge in [-0.15, -0.1) is 6.58 Å². The molecule has 1 aliphatic carbocycles. The SMILES string of the molecule is C=CCB1OC(C)(C)C(C)(C)O1.CCCc1ncccc1C(=O)OC.COC(=O)c1cccnc1CC1CC1.COC(=O)c1cccnc1Cl. The van der Waals surface area contributed by atoms with Crippen molar-refractivity contribution in [1.29, 1.82) is 0 Å². The molecule has 3 aromatic rings.